The van der Waals surface area contributed by atoms with Crippen LogP contribution in [0.2, 0.25) is 0 Å². The monoisotopic (exact) mass is 346 g/mol. The Hall–Kier alpha value is -2.18. The highest BCUT2D eigenvalue weighted by atomic mass is 32.2. The van der Waals surface area contributed by atoms with E-state index in [1.54, 1.807) is 12.1 Å². The van der Waals surface area contributed by atoms with E-state index in [9.17, 15) is 13.2 Å². The van der Waals surface area contributed by atoms with E-state index in [0.717, 1.165) is 21.0 Å². The van der Waals surface area contributed by atoms with Gasteiger partial charge in [-0.25, -0.2) is 12.7 Å². The molecule has 0 aliphatic heterocycles. The second-order valence-corrected chi connectivity index (χ2v) is 7.96. The van der Waals surface area contributed by atoms with Gasteiger partial charge >= 0.3 is 0 Å². The van der Waals surface area contributed by atoms with Crippen molar-refractivity contribution in [3.8, 4) is 0 Å². The molecule has 0 aliphatic rings. The molecule has 24 heavy (non-hydrogen) atoms. The Morgan fingerprint density at radius 2 is 1.67 bits per heavy atom. The Balaban J connectivity index is 1.96. The average Bonchev–Trinajstić information content (AvgIpc) is 2.54. The zero-order valence-corrected chi connectivity index (χ0v) is 14.9. The summed E-state index contributed by atoms with van der Waals surface area (Å²) < 4.78 is 25.2. The van der Waals surface area contributed by atoms with E-state index < -0.39 is 10.0 Å². The van der Waals surface area contributed by atoms with Gasteiger partial charge in [0.15, 0.2) is 0 Å². The van der Waals surface area contributed by atoms with E-state index in [1.165, 1.54) is 26.2 Å². The average molecular weight is 346 g/mol. The fourth-order valence-electron chi connectivity index (χ4n) is 2.24. The molecule has 0 atom stereocenters. The molecule has 0 saturated heterocycles. The summed E-state index contributed by atoms with van der Waals surface area (Å²) in [7, 11) is -0.464. The van der Waals surface area contributed by atoms with Crippen LogP contribution in [0.15, 0.2) is 53.4 Å². The molecule has 0 spiro atoms. The van der Waals surface area contributed by atoms with E-state index in [1.807, 2.05) is 31.2 Å². The minimum Gasteiger partial charge on any atom is -0.352 e. The van der Waals surface area contributed by atoms with Crippen LogP contribution in [0.3, 0.4) is 0 Å². The van der Waals surface area contributed by atoms with Gasteiger partial charge in [-0.3, -0.25) is 4.79 Å². The minimum absolute atomic E-state index is 0.0959. The third-order valence-corrected chi connectivity index (χ3v) is 5.63. The first-order chi connectivity index (χ1) is 11.3. The predicted molar refractivity (Wildman–Crippen MR) is 94.0 cm³/mol. The number of sulfonamides is 1. The van der Waals surface area contributed by atoms with Crippen LogP contribution in [0.25, 0.3) is 0 Å². The summed E-state index contributed by atoms with van der Waals surface area (Å²) in [6.07, 6.45) is 0.216. The Morgan fingerprint density at radius 1 is 1.04 bits per heavy atom. The van der Waals surface area contributed by atoms with Crippen LogP contribution in [0.4, 0.5) is 0 Å². The van der Waals surface area contributed by atoms with E-state index in [2.05, 4.69) is 5.32 Å². The first kappa shape index (κ1) is 18.2. The maximum absolute atomic E-state index is 12.0. The van der Waals surface area contributed by atoms with Gasteiger partial charge in [0, 0.05) is 20.6 Å². The number of benzene rings is 2. The molecule has 2 rings (SSSR count). The molecule has 0 unspecified atom stereocenters. The standard InChI is InChI=1S/C18H22N2O3S/c1-14-6-4-5-7-16(14)13-19-18(21)12-15-8-10-17(11-9-15)24(22,23)20(2)3/h4-11H,12-13H2,1-3H3,(H,19,21). The highest BCUT2D eigenvalue weighted by molar-refractivity contribution is 7.89. The van der Waals surface area contributed by atoms with Gasteiger partial charge in [0.1, 0.15) is 0 Å². The van der Waals surface area contributed by atoms with Gasteiger partial charge in [-0.15, -0.1) is 0 Å². The molecule has 6 heteroatoms. The van der Waals surface area contributed by atoms with E-state index in [-0.39, 0.29) is 17.2 Å². The topological polar surface area (TPSA) is 66.5 Å². The van der Waals surface area contributed by atoms with Crippen LogP contribution in [-0.2, 0) is 27.8 Å². The number of hydrogen-bond donors (Lipinski definition) is 1. The molecule has 0 heterocycles. The number of nitrogens with one attached hydrogen (secondary N) is 1. The number of hydrogen-bond acceptors (Lipinski definition) is 3. The second-order valence-electron chi connectivity index (χ2n) is 5.81. The molecule has 5 nitrogen and oxygen atoms in total. The summed E-state index contributed by atoms with van der Waals surface area (Å²) in [5.41, 5.74) is 2.99. The molecular weight excluding hydrogens is 324 g/mol. The fraction of sp³-hybridized carbons (Fsp3) is 0.278. The minimum atomic E-state index is -3.44. The summed E-state index contributed by atoms with van der Waals surface area (Å²) in [6, 6.07) is 14.3. The molecule has 128 valence electrons. The summed E-state index contributed by atoms with van der Waals surface area (Å²) in [5.74, 6) is -0.0959. The van der Waals surface area contributed by atoms with Crippen molar-refractivity contribution in [1.29, 1.82) is 0 Å². The van der Waals surface area contributed by atoms with E-state index in [0.29, 0.717) is 6.54 Å². The van der Waals surface area contributed by atoms with Crippen LogP contribution >= 0.6 is 0 Å². The third kappa shape index (κ3) is 4.43. The molecule has 1 amide bonds. The summed E-state index contributed by atoms with van der Waals surface area (Å²) in [5, 5.41) is 2.89. The van der Waals surface area contributed by atoms with Crippen molar-refractivity contribution in [2.45, 2.75) is 24.8 Å². The molecule has 0 bridgehead atoms. The summed E-state index contributed by atoms with van der Waals surface area (Å²) >= 11 is 0. The van der Waals surface area contributed by atoms with Crippen molar-refractivity contribution < 1.29 is 13.2 Å². The molecule has 0 fully saturated rings. The fourth-order valence-corrected chi connectivity index (χ4v) is 3.14. The number of aryl methyl sites for hydroxylation is 1. The van der Waals surface area contributed by atoms with Crippen LogP contribution in [-0.4, -0.2) is 32.7 Å². The first-order valence-electron chi connectivity index (χ1n) is 7.63. The zero-order chi connectivity index (χ0) is 17.7. The maximum Gasteiger partial charge on any atom is 0.242 e. The Bertz CT molecular complexity index is 812. The largest absolute Gasteiger partial charge is 0.352 e. The van der Waals surface area contributed by atoms with Gasteiger partial charge in [0.05, 0.1) is 11.3 Å². The molecule has 0 saturated carbocycles. The molecule has 0 aliphatic carbocycles. The van der Waals surface area contributed by atoms with Crippen LogP contribution in [0.5, 0.6) is 0 Å². The maximum atomic E-state index is 12.0. The molecule has 0 radical (unpaired) electrons. The molecule has 2 aromatic rings. The van der Waals surface area contributed by atoms with E-state index >= 15 is 0 Å². The number of carbonyl (C=O) groups is 1. The molecular formula is C18H22N2O3S. The lowest BCUT2D eigenvalue weighted by molar-refractivity contribution is -0.120. The second kappa shape index (κ2) is 7.59. The van der Waals surface area contributed by atoms with E-state index in [4.69, 9.17) is 0 Å². The van der Waals surface area contributed by atoms with Crippen LogP contribution < -0.4 is 5.32 Å². The summed E-state index contributed by atoms with van der Waals surface area (Å²) in [6.45, 7) is 2.49. The predicted octanol–water partition coefficient (Wildman–Crippen LogP) is 2.10. The highest BCUT2D eigenvalue weighted by Gasteiger charge is 2.16. The van der Waals surface area contributed by atoms with Gasteiger partial charge in [0.2, 0.25) is 15.9 Å². The Labute approximate surface area is 143 Å². The molecule has 0 aromatic heterocycles. The van der Waals surface area contributed by atoms with Crippen LogP contribution in [0, 0.1) is 6.92 Å². The zero-order valence-electron chi connectivity index (χ0n) is 14.1. The van der Waals surface area contributed by atoms with Gasteiger partial charge in [0.25, 0.3) is 0 Å². The van der Waals surface area contributed by atoms with Gasteiger partial charge < -0.3 is 5.32 Å². The van der Waals surface area contributed by atoms with Crippen molar-refractivity contribution in [2.24, 2.45) is 0 Å². The number of amides is 1. The molecule has 1 N–H and O–H groups in total. The van der Waals surface area contributed by atoms with Crippen molar-refractivity contribution in [3.05, 3.63) is 65.2 Å². The van der Waals surface area contributed by atoms with Crippen LogP contribution in [0.1, 0.15) is 16.7 Å². The van der Waals surface area contributed by atoms with Gasteiger partial charge in [-0.05, 0) is 35.7 Å². The van der Waals surface area contributed by atoms with Crippen molar-refractivity contribution in [1.82, 2.24) is 9.62 Å². The number of carbonyl (C=O) groups excluding carboxylic acids is 1. The highest BCUT2D eigenvalue weighted by Crippen LogP contribution is 2.14. The summed E-state index contributed by atoms with van der Waals surface area (Å²) in [4.78, 5) is 12.3. The number of nitrogens with zero attached hydrogens (tertiary/aromatic N) is 1. The lowest BCUT2D eigenvalue weighted by Gasteiger charge is -2.12. The third-order valence-electron chi connectivity index (χ3n) is 3.80. The van der Waals surface area contributed by atoms with Crippen molar-refractivity contribution in [2.75, 3.05) is 14.1 Å². The normalized spacial score (nSPS) is 11.5. The molecule has 2 aromatic carbocycles. The Morgan fingerprint density at radius 3 is 2.25 bits per heavy atom. The van der Waals surface area contributed by atoms with Gasteiger partial charge in [-0.1, -0.05) is 36.4 Å². The lowest BCUT2D eigenvalue weighted by Crippen LogP contribution is -2.25. The number of rotatable bonds is 6. The SMILES string of the molecule is Cc1ccccc1CNC(=O)Cc1ccc(S(=O)(=O)N(C)C)cc1. The van der Waals surface area contributed by atoms with Crippen molar-refractivity contribution >= 4 is 15.9 Å². The first-order valence-corrected chi connectivity index (χ1v) is 9.07. The van der Waals surface area contributed by atoms with Gasteiger partial charge in [-0.2, -0.15) is 0 Å². The smallest absolute Gasteiger partial charge is 0.242 e. The quantitative estimate of drug-likeness (QED) is 0.871. The lowest BCUT2D eigenvalue weighted by atomic mass is 10.1. The Kier molecular flexibility index (Phi) is 5.75. The van der Waals surface area contributed by atoms with Crippen molar-refractivity contribution in [3.63, 3.8) is 0 Å².